The number of rotatable bonds is 4. The van der Waals surface area contributed by atoms with Crippen LogP contribution in [0, 0.1) is 6.92 Å². The number of alkyl halides is 3. The molecule has 0 spiro atoms. The largest absolute Gasteiger partial charge is 0.433 e. The van der Waals surface area contributed by atoms with Gasteiger partial charge in [-0.3, -0.25) is 4.79 Å². The third-order valence-electron chi connectivity index (χ3n) is 5.52. The van der Waals surface area contributed by atoms with Gasteiger partial charge in [-0.2, -0.15) is 18.3 Å². The Kier molecular flexibility index (Phi) is 5.49. The number of carbonyl (C=O) groups is 1. The van der Waals surface area contributed by atoms with Crippen molar-refractivity contribution in [1.29, 1.82) is 0 Å². The van der Waals surface area contributed by atoms with Crippen LogP contribution in [0.1, 0.15) is 47.8 Å². The maximum Gasteiger partial charge on any atom is 0.433 e. The van der Waals surface area contributed by atoms with E-state index in [9.17, 15) is 18.0 Å². The fourth-order valence-corrected chi connectivity index (χ4v) is 4.02. The van der Waals surface area contributed by atoms with Crippen LogP contribution in [0.4, 0.5) is 13.2 Å². The van der Waals surface area contributed by atoms with Gasteiger partial charge in [-0.1, -0.05) is 30.3 Å². The van der Waals surface area contributed by atoms with Gasteiger partial charge in [-0.15, -0.1) is 0 Å². The number of amides is 1. The van der Waals surface area contributed by atoms with E-state index < -0.39 is 11.9 Å². The van der Waals surface area contributed by atoms with Gasteiger partial charge in [0.25, 0.3) is 0 Å². The summed E-state index contributed by atoms with van der Waals surface area (Å²) in [6, 6.07) is 12.4. The minimum atomic E-state index is -4.53. The van der Waals surface area contributed by atoms with Gasteiger partial charge in [0.2, 0.25) is 5.91 Å². The summed E-state index contributed by atoms with van der Waals surface area (Å²) >= 11 is 0. The SMILES string of the molecule is Cc1cc2nc(C3CCCN(C(=O)CCc4ccccc4)C3)cc(C(F)(F)F)n2n1. The summed E-state index contributed by atoms with van der Waals surface area (Å²) in [7, 11) is 0. The van der Waals surface area contributed by atoms with E-state index in [4.69, 9.17) is 0 Å². The Bertz CT molecular complexity index is 1050. The van der Waals surface area contributed by atoms with Crippen molar-refractivity contribution in [2.24, 2.45) is 0 Å². The lowest BCUT2D eigenvalue weighted by Gasteiger charge is -2.33. The second-order valence-corrected chi connectivity index (χ2v) is 7.78. The van der Waals surface area contributed by atoms with Crippen molar-refractivity contribution < 1.29 is 18.0 Å². The van der Waals surface area contributed by atoms with Crippen LogP contribution in [0.25, 0.3) is 5.65 Å². The molecule has 3 aromatic rings. The molecule has 1 atom stereocenters. The smallest absolute Gasteiger partial charge is 0.342 e. The lowest BCUT2D eigenvalue weighted by atomic mass is 9.93. The van der Waals surface area contributed by atoms with Gasteiger partial charge in [0.1, 0.15) is 5.69 Å². The Morgan fingerprint density at radius 1 is 1.20 bits per heavy atom. The Morgan fingerprint density at radius 3 is 2.70 bits per heavy atom. The third-order valence-corrected chi connectivity index (χ3v) is 5.52. The van der Waals surface area contributed by atoms with Crippen LogP contribution in [0.5, 0.6) is 0 Å². The average molecular weight is 416 g/mol. The highest BCUT2D eigenvalue weighted by atomic mass is 19.4. The van der Waals surface area contributed by atoms with Gasteiger partial charge in [0.15, 0.2) is 5.65 Å². The summed E-state index contributed by atoms with van der Waals surface area (Å²) in [6.07, 6.45) is -2.05. The monoisotopic (exact) mass is 416 g/mol. The van der Waals surface area contributed by atoms with Crippen LogP contribution < -0.4 is 0 Å². The van der Waals surface area contributed by atoms with E-state index in [1.54, 1.807) is 17.9 Å². The number of carbonyl (C=O) groups excluding carboxylic acids is 1. The first-order chi connectivity index (χ1) is 14.3. The van der Waals surface area contributed by atoms with Crippen molar-refractivity contribution in [2.45, 2.75) is 44.7 Å². The van der Waals surface area contributed by atoms with Gasteiger partial charge < -0.3 is 4.90 Å². The van der Waals surface area contributed by atoms with Gasteiger partial charge in [0, 0.05) is 37.2 Å². The van der Waals surface area contributed by atoms with Gasteiger partial charge >= 0.3 is 6.18 Å². The molecule has 4 rings (SSSR count). The van der Waals surface area contributed by atoms with E-state index in [0.29, 0.717) is 43.7 Å². The molecule has 8 heteroatoms. The number of benzene rings is 1. The molecule has 1 unspecified atom stereocenters. The van der Waals surface area contributed by atoms with Crippen LogP contribution in [0.2, 0.25) is 0 Å². The summed E-state index contributed by atoms with van der Waals surface area (Å²) in [5.74, 6) is -0.193. The number of hydrogen-bond acceptors (Lipinski definition) is 3. The molecule has 0 radical (unpaired) electrons. The molecule has 1 fully saturated rings. The van der Waals surface area contributed by atoms with Gasteiger partial charge in [-0.25, -0.2) is 9.50 Å². The summed E-state index contributed by atoms with van der Waals surface area (Å²) in [5.41, 5.74) is 1.30. The Hall–Kier alpha value is -2.90. The lowest BCUT2D eigenvalue weighted by Crippen LogP contribution is -2.39. The minimum absolute atomic E-state index is 0.0286. The van der Waals surface area contributed by atoms with Crippen molar-refractivity contribution >= 4 is 11.6 Å². The van der Waals surface area contributed by atoms with Crippen LogP contribution in [0.15, 0.2) is 42.5 Å². The Balaban J connectivity index is 1.53. The molecule has 1 aliphatic heterocycles. The maximum absolute atomic E-state index is 13.6. The number of likely N-dealkylation sites (tertiary alicyclic amines) is 1. The van der Waals surface area contributed by atoms with E-state index in [2.05, 4.69) is 10.1 Å². The third kappa shape index (κ3) is 4.32. The standard InChI is InChI=1S/C22H23F3N4O/c1-15-12-20-26-18(13-19(22(23,24)25)29(20)27-15)17-8-5-11-28(14-17)21(30)10-9-16-6-3-2-4-7-16/h2-4,6-7,12-13,17H,5,8-11,14H2,1H3. The summed E-state index contributed by atoms with van der Waals surface area (Å²) in [6.45, 7) is 2.66. The summed E-state index contributed by atoms with van der Waals surface area (Å²) < 4.78 is 41.6. The quantitative estimate of drug-likeness (QED) is 0.634. The molecule has 1 saturated heterocycles. The van der Waals surface area contributed by atoms with Gasteiger partial charge in [0.05, 0.1) is 5.69 Å². The topological polar surface area (TPSA) is 50.5 Å². The van der Waals surface area contributed by atoms with Crippen molar-refractivity contribution in [3.63, 3.8) is 0 Å². The first-order valence-electron chi connectivity index (χ1n) is 10.1. The first-order valence-corrected chi connectivity index (χ1v) is 10.1. The van der Waals surface area contributed by atoms with Crippen LogP contribution in [0.3, 0.4) is 0 Å². The molecule has 1 aliphatic rings. The van der Waals surface area contributed by atoms with E-state index in [0.717, 1.165) is 22.6 Å². The molecule has 2 aromatic heterocycles. The number of nitrogens with zero attached hydrogens (tertiary/aromatic N) is 4. The molecule has 0 N–H and O–H groups in total. The zero-order chi connectivity index (χ0) is 21.3. The highest BCUT2D eigenvalue weighted by Crippen LogP contribution is 2.33. The molecule has 0 bridgehead atoms. The molecular weight excluding hydrogens is 393 g/mol. The Morgan fingerprint density at radius 2 is 1.97 bits per heavy atom. The molecule has 0 aliphatic carbocycles. The zero-order valence-corrected chi connectivity index (χ0v) is 16.7. The zero-order valence-electron chi connectivity index (χ0n) is 16.7. The molecule has 1 aromatic carbocycles. The number of halogens is 3. The van der Waals surface area contributed by atoms with Crippen molar-refractivity contribution in [1.82, 2.24) is 19.5 Å². The second-order valence-electron chi connectivity index (χ2n) is 7.78. The highest BCUT2D eigenvalue weighted by molar-refractivity contribution is 5.76. The first kappa shape index (κ1) is 20.4. The van der Waals surface area contributed by atoms with Crippen LogP contribution in [-0.4, -0.2) is 38.5 Å². The summed E-state index contributed by atoms with van der Waals surface area (Å²) in [4.78, 5) is 18.9. The number of hydrogen-bond donors (Lipinski definition) is 0. The Labute approximate surface area is 172 Å². The van der Waals surface area contributed by atoms with Crippen LogP contribution in [-0.2, 0) is 17.4 Å². The molecule has 0 saturated carbocycles. The van der Waals surface area contributed by atoms with E-state index in [1.165, 1.54) is 0 Å². The van der Waals surface area contributed by atoms with Gasteiger partial charge in [-0.05, 0) is 37.8 Å². The lowest BCUT2D eigenvalue weighted by molar-refractivity contribution is -0.143. The fraction of sp³-hybridized carbons (Fsp3) is 0.409. The van der Waals surface area contributed by atoms with Crippen LogP contribution >= 0.6 is 0 Å². The number of aromatic nitrogens is 3. The van der Waals surface area contributed by atoms with E-state index >= 15 is 0 Å². The minimum Gasteiger partial charge on any atom is -0.342 e. The maximum atomic E-state index is 13.6. The molecule has 3 heterocycles. The molecule has 5 nitrogen and oxygen atoms in total. The number of fused-ring (bicyclic) bond motifs is 1. The fourth-order valence-electron chi connectivity index (χ4n) is 4.02. The highest BCUT2D eigenvalue weighted by Gasteiger charge is 2.36. The van der Waals surface area contributed by atoms with E-state index in [1.807, 2.05) is 30.3 Å². The van der Waals surface area contributed by atoms with Crippen molar-refractivity contribution in [3.05, 3.63) is 65.1 Å². The number of piperidine rings is 1. The normalized spacial score (nSPS) is 17.5. The van der Waals surface area contributed by atoms with Crippen molar-refractivity contribution in [3.8, 4) is 0 Å². The average Bonchev–Trinajstić information content (AvgIpc) is 3.11. The van der Waals surface area contributed by atoms with E-state index in [-0.39, 0.29) is 17.5 Å². The molecule has 158 valence electrons. The molecule has 30 heavy (non-hydrogen) atoms. The predicted molar refractivity (Wildman–Crippen MR) is 106 cm³/mol. The molecule has 1 amide bonds. The van der Waals surface area contributed by atoms with Crippen molar-refractivity contribution in [2.75, 3.05) is 13.1 Å². The molecular formula is C22H23F3N4O. The predicted octanol–water partition coefficient (Wildman–Crippen LogP) is 4.40. The second kappa shape index (κ2) is 8.08. The number of aryl methyl sites for hydroxylation is 2. The summed E-state index contributed by atoms with van der Waals surface area (Å²) in [5, 5.41) is 3.93.